The number of amides is 2. The standard InChI is InChI=1S/C25H27FN4O6/c1-12-4-5-15(17(26)8-12)9-27-23(34)16-10-30-18-11-29(24(35)19(30)21(32)20(16)31)13(2)6-7-25(18)22(33)14(3)28-36-25/h4-5,8,10,13,18,22,32-33H,6-7,9,11H2,1-3H3,(H,27,34)/t13-,18+,22-,25+/m0/s1. The first kappa shape index (κ1) is 24.0. The van der Waals surface area contributed by atoms with Crippen molar-refractivity contribution in [2.75, 3.05) is 6.54 Å². The number of aryl methyl sites for hydroxylation is 1. The maximum atomic E-state index is 14.2. The molecule has 0 radical (unpaired) electrons. The van der Waals surface area contributed by atoms with Crippen LogP contribution in [-0.2, 0) is 11.4 Å². The lowest BCUT2D eigenvalue weighted by molar-refractivity contribution is -0.114. The van der Waals surface area contributed by atoms with Gasteiger partial charge in [-0.1, -0.05) is 17.3 Å². The second-order valence-corrected chi connectivity index (χ2v) is 9.80. The number of benzene rings is 1. The van der Waals surface area contributed by atoms with Crippen LogP contribution in [0.3, 0.4) is 0 Å². The average Bonchev–Trinajstić information content (AvgIpc) is 3.05. The first-order chi connectivity index (χ1) is 17.0. The molecule has 2 aromatic rings. The number of pyridine rings is 1. The molecule has 0 saturated carbocycles. The Morgan fingerprint density at radius 1 is 1.33 bits per heavy atom. The Hall–Kier alpha value is -3.73. The number of nitrogens with zero attached hydrogens (tertiary/aromatic N) is 3. The van der Waals surface area contributed by atoms with E-state index < -0.39 is 52.1 Å². The zero-order valence-electron chi connectivity index (χ0n) is 20.1. The van der Waals surface area contributed by atoms with Gasteiger partial charge < -0.3 is 29.8 Å². The molecule has 10 nitrogen and oxygen atoms in total. The van der Waals surface area contributed by atoms with Gasteiger partial charge >= 0.3 is 0 Å². The molecular formula is C25H27FN4O6. The number of carbonyl (C=O) groups is 2. The highest BCUT2D eigenvalue weighted by Gasteiger charge is 2.58. The molecule has 1 saturated heterocycles. The molecule has 11 heteroatoms. The third-order valence-corrected chi connectivity index (χ3v) is 7.54. The number of hydrogen-bond acceptors (Lipinski definition) is 7. The summed E-state index contributed by atoms with van der Waals surface area (Å²) in [4.78, 5) is 46.6. The SMILES string of the molecule is CC1=NO[C@@]2(CC[C@H](C)N3C[C@H]2n2cc(C(=O)NCc4ccc(C)cc4F)c(=O)c(O)c2C3=O)[C@H]1O. The van der Waals surface area contributed by atoms with Gasteiger partial charge in [-0.05, 0) is 45.2 Å². The van der Waals surface area contributed by atoms with Crippen molar-refractivity contribution in [2.45, 2.75) is 63.9 Å². The Morgan fingerprint density at radius 3 is 2.75 bits per heavy atom. The zero-order valence-corrected chi connectivity index (χ0v) is 20.1. The Balaban J connectivity index is 1.57. The number of aromatic nitrogens is 1. The lowest BCUT2D eigenvalue weighted by atomic mass is 9.82. The maximum absolute atomic E-state index is 14.2. The van der Waals surface area contributed by atoms with Gasteiger partial charge in [0.2, 0.25) is 5.43 Å². The van der Waals surface area contributed by atoms with Crippen LogP contribution in [0.25, 0.3) is 0 Å². The molecular weight excluding hydrogens is 471 g/mol. The molecule has 3 aliphatic heterocycles. The van der Waals surface area contributed by atoms with Crippen LogP contribution in [-0.4, -0.2) is 61.5 Å². The predicted octanol–water partition coefficient (Wildman–Crippen LogP) is 1.62. The van der Waals surface area contributed by atoms with E-state index in [1.165, 1.54) is 27.8 Å². The molecule has 5 rings (SSSR count). The Labute approximate surface area is 206 Å². The number of aliphatic hydroxyl groups is 1. The van der Waals surface area contributed by atoms with Gasteiger partial charge in [0.05, 0.1) is 11.8 Å². The number of oxime groups is 1. The van der Waals surface area contributed by atoms with Gasteiger partial charge in [-0.25, -0.2) is 4.39 Å². The summed E-state index contributed by atoms with van der Waals surface area (Å²) in [5.74, 6) is -2.75. The molecule has 1 aromatic carbocycles. The van der Waals surface area contributed by atoms with E-state index in [0.29, 0.717) is 18.6 Å². The van der Waals surface area contributed by atoms with Crippen LogP contribution >= 0.6 is 0 Å². The second kappa shape index (κ2) is 8.44. The fraction of sp³-hybridized carbons (Fsp3) is 0.440. The summed E-state index contributed by atoms with van der Waals surface area (Å²) in [6, 6.07) is 3.59. The molecule has 36 heavy (non-hydrogen) atoms. The fourth-order valence-electron chi connectivity index (χ4n) is 5.36. The summed E-state index contributed by atoms with van der Waals surface area (Å²) < 4.78 is 15.6. The van der Waals surface area contributed by atoms with Crippen LogP contribution in [0.4, 0.5) is 4.39 Å². The molecule has 3 aliphatic rings. The van der Waals surface area contributed by atoms with Crippen LogP contribution < -0.4 is 10.7 Å². The van der Waals surface area contributed by atoms with Crippen molar-refractivity contribution in [1.82, 2.24) is 14.8 Å². The van der Waals surface area contributed by atoms with E-state index in [0.717, 1.165) is 5.56 Å². The molecule has 0 unspecified atom stereocenters. The minimum absolute atomic E-state index is 0.130. The van der Waals surface area contributed by atoms with Gasteiger partial charge in [0, 0.05) is 30.9 Å². The lowest BCUT2D eigenvalue weighted by Crippen LogP contribution is -2.56. The number of rotatable bonds is 3. The number of fused-ring (bicyclic) bond motifs is 5. The normalized spacial score (nSPS) is 26.8. The van der Waals surface area contributed by atoms with Crippen LogP contribution in [0.2, 0.25) is 0 Å². The largest absolute Gasteiger partial charge is 0.503 e. The van der Waals surface area contributed by atoms with E-state index in [9.17, 15) is 29.0 Å². The molecule has 4 atom stereocenters. The van der Waals surface area contributed by atoms with Crippen molar-refractivity contribution >= 4 is 17.5 Å². The first-order valence-electron chi connectivity index (χ1n) is 11.8. The molecule has 1 fully saturated rings. The van der Waals surface area contributed by atoms with Gasteiger partial charge in [0.25, 0.3) is 11.8 Å². The average molecular weight is 499 g/mol. The highest BCUT2D eigenvalue weighted by atomic mass is 19.1. The van der Waals surface area contributed by atoms with Crippen LogP contribution in [0.1, 0.15) is 64.7 Å². The van der Waals surface area contributed by atoms with Gasteiger partial charge in [-0.15, -0.1) is 0 Å². The van der Waals surface area contributed by atoms with Gasteiger partial charge in [0.1, 0.15) is 17.5 Å². The molecule has 2 amide bonds. The van der Waals surface area contributed by atoms with Crippen molar-refractivity contribution in [3.8, 4) is 5.75 Å². The fourth-order valence-corrected chi connectivity index (χ4v) is 5.36. The Morgan fingerprint density at radius 2 is 2.08 bits per heavy atom. The van der Waals surface area contributed by atoms with Crippen LogP contribution in [0, 0.1) is 12.7 Å². The zero-order chi connectivity index (χ0) is 25.9. The predicted molar refractivity (Wildman–Crippen MR) is 126 cm³/mol. The number of carbonyl (C=O) groups excluding carboxylic acids is 2. The minimum atomic E-state index is -1.25. The van der Waals surface area contributed by atoms with Gasteiger partial charge in [-0.3, -0.25) is 14.4 Å². The van der Waals surface area contributed by atoms with Crippen molar-refractivity contribution in [2.24, 2.45) is 5.16 Å². The molecule has 3 N–H and O–H groups in total. The number of aromatic hydroxyl groups is 1. The Kier molecular flexibility index (Phi) is 5.62. The summed E-state index contributed by atoms with van der Waals surface area (Å²) >= 11 is 0. The van der Waals surface area contributed by atoms with E-state index >= 15 is 0 Å². The Bertz CT molecular complexity index is 1370. The van der Waals surface area contributed by atoms with Crippen molar-refractivity contribution in [3.05, 3.63) is 62.8 Å². The summed E-state index contributed by atoms with van der Waals surface area (Å²) in [6.07, 6.45) is 0.973. The molecule has 2 bridgehead atoms. The van der Waals surface area contributed by atoms with Crippen LogP contribution in [0.5, 0.6) is 5.75 Å². The minimum Gasteiger partial charge on any atom is -0.503 e. The highest BCUT2D eigenvalue weighted by molar-refractivity contribution is 5.99. The topological polar surface area (TPSA) is 133 Å². The monoisotopic (exact) mass is 498 g/mol. The summed E-state index contributed by atoms with van der Waals surface area (Å²) in [5, 5.41) is 28.4. The summed E-state index contributed by atoms with van der Waals surface area (Å²) in [5.41, 5.74) is -1.62. The number of aliphatic hydroxyl groups excluding tert-OH is 1. The lowest BCUT2D eigenvalue weighted by Gasteiger charge is -2.43. The van der Waals surface area contributed by atoms with Crippen LogP contribution in [0.15, 0.2) is 34.3 Å². The number of nitrogens with one attached hydrogen (secondary N) is 1. The van der Waals surface area contributed by atoms with E-state index in [1.807, 2.05) is 6.92 Å². The summed E-state index contributed by atoms with van der Waals surface area (Å²) in [7, 11) is 0. The second-order valence-electron chi connectivity index (χ2n) is 9.80. The molecule has 1 spiro atoms. The van der Waals surface area contributed by atoms with E-state index in [1.54, 1.807) is 19.9 Å². The van der Waals surface area contributed by atoms with E-state index in [-0.39, 0.29) is 30.4 Å². The van der Waals surface area contributed by atoms with Gasteiger partial charge in [0.15, 0.2) is 17.0 Å². The van der Waals surface area contributed by atoms with E-state index in [4.69, 9.17) is 4.84 Å². The number of halogens is 1. The van der Waals surface area contributed by atoms with E-state index in [2.05, 4.69) is 10.5 Å². The quantitative estimate of drug-likeness (QED) is 0.589. The third-order valence-electron chi connectivity index (χ3n) is 7.54. The van der Waals surface area contributed by atoms with Crippen molar-refractivity contribution in [1.29, 1.82) is 0 Å². The molecule has 4 heterocycles. The molecule has 1 aromatic heterocycles. The van der Waals surface area contributed by atoms with Gasteiger partial charge in [-0.2, -0.15) is 0 Å². The smallest absolute Gasteiger partial charge is 0.274 e. The molecule has 0 aliphatic carbocycles. The number of hydrogen-bond donors (Lipinski definition) is 3. The highest BCUT2D eigenvalue weighted by Crippen LogP contribution is 2.46. The van der Waals surface area contributed by atoms with Crippen molar-refractivity contribution < 1.29 is 29.0 Å². The maximum Gasteiger partial charge on any atom is 0.274 e. The molecule has 190 valence electrons. The summed E-state index contributed by atoms with van der Waals surface area (Å²) in [6.45, 7) is 5.17. The third kappa shape index (κ3) is 3.48. The van der Waals surface area contributed by atoms with Crippen molar-refractivity contribution in [3.63, 3.8) is 0 Å². The first-order valence-corrected chi connectivity index (χ1v) is 11.8.